The van der Waals surface area contributed by atoms with Crippen LogP contribution in [0.15, 0.2) is 40.2 Å². The fourth-order valence-electron chi connectivity index (χ4n) is 5.15. The number of fused-ring (bicyclic) bond motifs is 1. The maximum Gasteiger partial charge on any atom is 0.333 e. The number of hydrogen-bond acceptors (Lipinski definition) is 9. The molecule has 0 N–H and O–H groups in total. The number of aryl methyl sites for hydroxylation is 1. The number of benzene rings is 1. The van der Waals surface area contributed by atoms with Gasteiger partial charge < -0.3 is 9.47 Å². The summed E-state index contributed by atoms with van der Waals surface area (Å²) in [7, 11) is 1.44. The predicted octanol–water partition coefficient (Wildman–Crippen LogP) is 4.46. The fraction of sp³-hybridized carbons (Fsp3) is 0.467. The number of hydrogen-bond donors (Lipinski definition) is 0. The lowest BCUT2D eigenvalue weighted by Crippen LogP contribution is -2.53. The molecule has 11 nitrogen and oxygen atoms in total. The van der Waals surface area contributed by atoms with Gasteiger partial charge in [0.2, 0.25) is 0 Å². The van der Waals surface area contributed by atoms with Crippen LogP contribution in [0.25, 0.3) is 15.2 Å². The van der Waals surface area contributed by atoms with Gasteiger partial charge in [-0.3, -0.25) is 14.2 Å². The molecule has 0 bridgehead atoms. The lowest BCUT2D eigenvalue weighted by molar-refractivity contribution is -0.127. The van der Waals surface area contributed by atoms with E-state index >= 15 is 0 Å². The molecular formula is C30H35FN6O5S. The molecule has 0 saturated heterocycles. The highest BCUT2D eigenvalue weighted by molar-refractivity contribution is 7.21. The van der Waals surface area contributed by atoms with E-state index in [1.165, 1.54) is 47.1 Å². The summed E-state index contributed by atoms with van der Waals surface area (Å²) in [5, 5.41) is 18.4. The fourth-order valence-corrected chi connectivity index (χ4v) is 6.36. The summed E-state index contributed by atoms with van der Waals surface area (Å²) in [6.45, 7) is 10.1. The Hall–Kier alpha value is -4.15. The summed E-state index contributed by atoms with van der Waals surface area (Å²) in [6, 6.07) is 6.00. The van der Waals surface area contributed by atoms with E-state index < -0.39 is 28.2 Å². The van der Waals surface area contributed by atoms with E-state index in [-0.39, 0.29) is 43.1 Å². The van der Waals surface area contributed by atoms with Gasteiger partial charge in [-0.05, 0) is 51.8 Å². The van der Waals surface area contributed by atoms with Crippen LogP contribution in [0.5, 0.6) is 5.75 Å². The zero-order valence-corrected chi connectivity index (χ0v) is 26.1. The molecule has 4 rings (SSSR count). The van der Waals surface area contributed by atoms with Crippen molar-refractivity contribution in [3.8, 4) is 16.8 Å². The summed E-state index contributed by atoms with van der Waals surface area (Å²) in [5.74, 6) is -0.497. The first-order valence-electron chi connectivity index (χ1n) is 13.8. The second-order valence-electron chi connectivity index (χ2n) is 11.5. The Morgan fingerprint density at radius 2 is 1.86 bits per heavy atom. The Balaban J connectivity index is 2.08. The predicted molar refractivity (Wildman–Crippen MR) is 160 cm³/mol. The summed E-state index contributed by atoms with van der Waals surface area (Å²) in [5.41, 5.74) is -3.39. The number of nitriles is 1. The zero-order chi connectivity index (χ0) is 31.7. The number of carbonyl (C=O) groups is 1. The van der Waals surface area contributed by atoms with E-state index in [9.17, 15) is 24.0 Å². The van der Waals surface area contributed by atoms with Crippen LogP contribution in [0.4, 0.5) is 4.39 Å². The topological polar surface area (TPSA) is 134 Å². The van der Waals surface area contributed by atoms with E-state index in [1.54, 1.807) is 27.7 Å². The number of ketones is 1. The molecule has 0 saturated carbocycles. The molecule has 3 aromatic heterocycles. The van der Waals surface area contributed by atoms with Crippen LogP contribution in [0.2, 0.25) is 0 Å². The van der Waals surface area contributed by atoms with Gasteiger partial charge in [0.25, 0.3) is 5.56 Å². The van der Waals surface area contributed by atoms with E-state index in [2.05, 4.69) is 10.2 Å². The number of Topliss-reactive ketones (excluding diaryl/α,β-unsaturated/α-hetero) is 1. The first kappa shape index (κ1) is 31.8. The third-order valence-corrected chi connectivity index (χ3v) is 8.73. The van der Waals surface area contributed by atoms with Crippen LogP contribution < -0.4 is 16.0 Å². The van der Waals surface area contributed by atoms with Gasteiger partial charge in [0, 0.05) is 17.5 Å². The summed E-state index contributed by atoms with van der Waals surface area (Å²) >= 11 is 1.14. The van der Waals surface area contributed by atoms with E-state index in [0.717, 1.165) is 15.9 Å². The van der Waals surface area contributed by atoms with E-state index in [0.29, 0.717) is 26.7 Å². The molecule has 43 heavy (non-hydrogen) atoms. The highest BCUT2D eigenvalue weighted by atomic mass is 32.1. The summed E-state index contributed by atoms with van der Waals surface area (Å²) < 4.78 is 28.7. The number of aromatic nitrogens is 5. The van der Waals surface area contributed by atoms with Gasteiger partial charge in [-0.15, -0.1) is 4.80 Å². The van der Waals surface area contributed by atoms with Crippen molar-refractivity contribution in [2.75, 3.05) is 13.7 Å². The highest BCUT2D eigenvalue weighted by Crippen LogP contribution is 2.38. The van der Waals surface area contributed by atoms with Crippen LogP contribution in [0.3, 0.4) is 0 Å². The van der Waals surface area contributed by atoms with Gasteiger partial charge in [0.15, 0.2) is 5.78 Å². The van der Waals surface area contributed by atoms with E-state index in [4.69, 9.17) is 9.47 Å². The van der Waals surface area contributed by atoms with Crippen molar-refractivity contribution in [3.05, 3.63) is 68.4 Å². The lowest BCUT2D eigenvalue weighted by atomic mass is 9.91. The van der Waals surface area contributed by atoms with Crippen molar-refractivity contribution in [2.24, 2.45) is 5.92 Å². The number of methoxy groups -OCH3 is 1. The number of thiophene rings is 1. The number of ether oxygens (including phenoxy) is 2. The van der Waals surface area contributed by atoms with Crippen molar-refractivity contribution in [1.29, 1.82) is 5.26 Å². The Morgan fingerprint density at radius 3 is 2.47 bits per heavy atom. The normalized spacial score (nSPS) is 13.3. The Bertz CT molecular complexity index is 1820. The van der Waals surface area contributed by atoms with Gasteiger partial charge in [-0.2, -0.15) is 15.5 Å². The lowest BCUT2D eigenvalue weighted by Gasteiger charge is -2.33. The molecule has 0 amide bonds. The van der Waals surface area contributed by atoms with Crippen LogP contribution >= 0.6 is 11.3 Å². The number of halogens is 1. The summed E-state index contributed by atoms with van der Waals surface area (Å²) in [6.07, 6.45) is 3.21. The molecule has 0 aliphatic rings. The second-order valence-corrected chi connectivity index (χ2v) is 12.4. The molecule has 0 spiro atoms. The first-order chi connectivity index (χ1) is 20.3. The highest BCUT2D eigenvalue weighted by Gasteiger charge is 2.38. The molecule has 3 heterocycles. The van der Waals surface area contributed by atoms with Crippen LogP contribution in [-0.2, 0) is 27.2 Å². The van der Waals surface area contributed by atoms with Gasteiger partial charge >= 0.3 is 5.69 Å². The average molecular weight is 611 g/mol. The number of nitrogens with zero attached hydrogens (tertiary/aromatic N) is 6. The minimum absolute atomic E-state index is 0.00563. The van der Waals surface area contributed by atoms with Crippen LogP contribution in [0, 0.1) is 30.0 Å². The molecule has 228 valence electrons. The average Bonchev–Trinajstić information content (AvgIpc) is 3.59. The van der Waals surface area contributed by atoms with Crippen molar-refractivity contribution >= 4 is 27.3 Å². The van der Waals surface area contributed by atoms with Gasteiger partial charge in [-0.1, -0.05) is 25.2 Å². The zero-order valence-electron chi connectivity index (χ0n) is 25.3. The van der Waals surface area contributed by atoms with Crippen molar-refractivity contribution in [3.63, 3.8) is 0 Å². The molecule has 0 fully saturated rings. The monoisotopic (exact) mass is 610 g/mol. The van der Waals surface area contributed by atoms with Crippen LogP contribution in [-0.4, -0.2) is 43.6 Å². The maximum absolute atomic E-state index is 14.6. The molecule has 4 aromatic rings. The molecular weight excluding hydrogens is 575 g/mol. The molecule has 0 radical (unpaired) electrons. The maximum atomic E-state index is 14.6. The summed E-state index contributed by atoms with van der Waals surface area (Å²) in [4.78, 5) is 43.7. The Labute approximate surface area is 252 Å². The molecule has 1 atom stereocenters. The van der Waals surface area contributed by atoms with Crippen molar-refractivity contribution in [2.45, 2.75) is 72.1 Å². The minimum atomic E-state index is -1.48. The molecule has 0 aliphatic carbocycles. The van der Waals surface area contributed by atoms with Gasteiger partial charge in [-0.25, -0.2) is 13.8 Å². The Kier molecular flexibility index (Phi) is 9.03. The van der Waals surface area contributed by atoms with Gasteiger partial charge in [0.1, 0.15) is 32.5 Å². The smallest absolute Gasteiger partial charge is 0.333 e. The molecule has 0 aliphatic heterocycles. The van der Waals surface area contributed by atoms with Crippen molar-refractivity contribution < 1.29 is 18.7 Å². The minimum Gasteiger partial charge on any atom is -0.496 e. The van der Waals surface area contributed by atoms with Crippen molar-refractivity contribution in [1.82, 2.24) is 24.1 Å². The van der Waals surface area contributed by atoms with Gasteiger partial charge in [0.05, 0.1) is 50.5 Å². The number of rotatable bonds is 12. The standard InChI is InChI=1S/C30H35FN6O5S/c1-18(2)15-23(38)29(4,5)36-25(39)24-19(3)26(37-33-12-13-34-37)43-27(24)35(28(36)40)17-30(6,42-14-8-11-32)21-16-20(31)9-10-22(21)41-7/h9-10,12-13,16,18H,8,14-15,17H2,1-7H3/t30-/m0/s1. The molecule has 0 unspecified atom stereocenters. The third kappa shape index (κ3) is 5.89. The third-order valence-electron chi connectivity index (χ3n) is 7.45. The largest absolute Gasteiger partial charge is 0.496 e. The molecule has 1 aromatic carbocycles. The molecule has 13 heteroatoms. The van der Waals surface area contributed by atoms with E-state index in [1.807, 2.05) is 19.9 Å². The second kappa shape index (κ2) is 12.2. The quantitative estimate of drug-likeness (QED) is 0.215. The van der Waals surface area contributed by atoms with Crippen LogP contribution in [0.1, 0.15) is 58.6 Å². The number of carbonyl (C=O) groups excluding carboxylic acids is 1. The Morgan fingerprint density at radius 1 is 1.19 bits per heavy atom. The SMILES string of the molecule is COc1ccc(F)cc1[C@](C)(Cn1c(=O)n(C(C)(C)C(=O)CC(C)C)c(=O)c2c(C)c(-n3nccn3)sc21)OCCC#N. The first-order valence-corrected chi connectivity index (χ1v) is 14.6.